The zero-order valence-electron chi connectivity index (χ0n) is 40.0. The third-order valence-electron chi connectivity index (χ3n) is 12.9. The molecule has 362 valence electrons. The summed E-state index contributed by atoms with van der Waals surface area (Å²) < 4.78 is 28.2. The fourth-order valence-electron chi connectivity index (χ4n) is 9.82. The number of aromatic nitrogens is 4. The Morgan fingerprint density at radius 2 is 1.00 bits per heavy atom. The number of esters is 3. The van der Waals surface area contributed by atoms with E-state index in [-0.39, 0.29) is 12.2 Å². The van der Waals surface area contributed by atoms with Crippen molar-refractivity contribution < 1.29 is 42.9 Å². The average Bonchev–Trinajstić information content (AvgIpc) is 4.24. The first-order chi connectivity index (χ1) is 35.0. The van der Waals surface area contributed by atoms with Gasteiger partial charge in [-0.25, -0.2) is 4.98 Å². The Labute approximate surface area is 415 Å². The first-order valence-electron chi connectivity index (χ1n) is 23.7. The first-order valence-corrected chi connectivity index (χ1v) is 23.7. The van der Waals surface area contributed by atoms with E-state index in [1.54, 1.807) is 12.1 Å². The molecular weight excluding hydrogens is 911 g/mol. The molecule has 10 rings (SSSR count). The van der Waals surface area contributed by atoms with E-state index in [1.807, 2.05) is 66.7 Å². The molecule has 3 N–H and O–H groups in total. The second-order valence-corrected chi connectivity index (χ2v) is 17.7. The third-order valence-corrected chi connectivity index (χ3v) is 12.9. The van der Waals surface area contributed by atoms with Gasteiger partial charge in [0, 0.05) is 77.8 Å². The van der Waals surface area contributed by atoms with Crippen LogP contribution in [0.15, 0.2) is 140 Å². The highest BCUT2D eigenvalue weighted by Gasteiger charge is 2.51. The standard InChI is InChI=1S/C58H51N5O9/c1-33(64)69-32-49-55(70-34(2)65)56(71-35(3)66)54(58(68-4)72-49)63-57(67)40-22-20-39(21-23-40)53-47-30-28-45(61-47)51(37-16-10-6-11-17-37)43-26-24-41(59-43)50(36-14-8-5-9-15-36)42-25-27-44(60-42)52(38-18-12-7-13-19-38)46-29-31-48(53)62-46/h5-28,30,49,54-56,58,60-61H,29,31-32H2,1-4H3,(H,63,67)/t49-,54-,55-,56-,58-/m1/s1. The summed E-state index contributed by atoms with van der Waals surface area (Å²) in [4.78, 5) is 69.3. The Morgan fingerprint density at radius 1 is 0.556 bits per heavy atom. The first kappa shape index (κ1) is 47.2. The molecule has 1 amide bonds. The molecule has 0 saturated carbocycles. The highest BCUT2D eigenvalue weighted by Crippen LogP contribution is 2.38. The number of ether oxygens (including phenoxy) is 5. The van der Waals surface area contributed by atoms with Gasteiger partial charge in [0.1, 0.15) is 18.8 Å². The summed E-state index contributed by atoms with van der Waals surface area (Å²) in [6, 6.07) is 45.2. The molecule has 0 spiro atoms. The van der Waals surface area contributed by atoms with Crippen molar-refractivity contribution in [2.24, 2.45) is 0 Å². The van der Waals surface area contributed by atoms with Gasteiger partial charge in [0.25, 0.3) is 5.91 Å². The van der Waals surface area contributed by atoms with Crippen LogP contribution in [-0.4, -0.2) is 88.1 Å². The van der Waals surface area contributed by atoms with Crippen LogP contribution in [0.5, 0.6) is 0 Å². The Bertz CT molecular complexity index is 3390. The maximum absolute atomic E-state index is 14.3. The molecule has 0 aliphatic carbocycles. The summed E-state index contributed by atoms with van der Waals surface area (Å²) in [6.45, 7) is 3.27. The normalized spacial score (nSPS) is 18.2. The Balaban J connectivity index is 1.13. The smallest absolute Gasteiger partial charge is 0.303 e. The number of aryl methyl sites for hydroxylation is 2. The number of amides is 1. The van der Waals surface area contributed by atoms with Gasteiger partial charge in [-0.05, 0) is 83.6 Å². The summed E-state index contributed by atoms with van der Waals surface area (Å²) in [5.74, 6) is -2.55. The summed E-state index contributed by atoms with van der Waals surface area (Å²) in [7, 11) is 1.36. The lowest BCUT2D eigenvalue weighted by atomic mass is 9.95. The van der Waals surface area contributed by atoms with E-state index in [9.17, 15) is 19.2 Å². The Hall–Kier alpha value is -8.46. The van der Waals surface area contributed by atoms with Crippen molar-refractivity contribution in [2.45, 2.75) is 64.3 Å². The third kappa shape index (κ3) is 9.69. The van der Waals surface area contributed by atoms with Crippen LogP contribution >= 0.6 is 0 Å². The van der Waals surface area contributed by atoms with Crippen molar-refractivity contribution in [3.8, 4) is 44.5 Å². The zero-order valence-corrected chi connectivity index (χ0v) is 40.0. The van der Waals surface area contributed by atoms with Gasteiger partial charge in [-0.1, -0.05) is 103 Å². The second kappa shape index (κ2) is 20.5. The zero-order chi connectivity index (χ0) is 49.9. The van der Waals surface area contributed by atoms with Gasteiger partial charge in [0.2, 0.25) is 0 Å². The summed E-state index contributed by atoms with van der Waals surface area (Å²) >= 11 is 0. The predicted molar refractivity (Wildman–Crippen MR) is 274 cm³/mol. The van der Waals surface area contributed by atoms with Crippen LogP contribution in [0.2, 0.25) is 0 Å². The fraction of sp³-hybridized carbons (Fsp3) is 0.207. The van der Waals surface area contributed by atoms with Gasteiger partial charge in [-0.3, -0.25) is 24.2 Å². The predicted octanol–water partition coefficient (Wildman–Crippen LogP) is 9.83. The minimum Gasteiger partial charge on any atom is -0.463 e. The number of hydrogen-bond acceptors (Lipinski definition) is 11. The minimum atomic E-state index is -1.28. The van der Waals surface area contributed by atoms with Gasteiger partial charge in [-0.15, -0.1) is 0 Å². The van der Waals surface area contributed by atoms with Crippen molar-refractivity contribution >= 4 is 58.0 Å². The maximum atomic E-state index is 14.3. The number of nitrogens with zero attached hydrogens (tertiary/aromatic N) is 2. The molecule has 14 nitrogen and oxygen atoms in total. The van der Waals surface area contributed by atoms with Gasteiger partial charge >= 0.3 is 17.9 Å². The molecule has 1 saturated heterocycles. The van der Waals surface area contributed by atoms with Crippen LogP contribution in [0, 0.1) is 0 Å². The molecule has 72 heavy (non-hydrogen) atoms. The molecule has 14 heteroatoms. The number of nitrogens with one attached hydrogen (secondary N) is 3. The van der Waals surface area contributed by atoms with Crippen molar-refractivity contribution in [3.63, 3.8) is 0 Å². The lowest BCUT2D eigenvalue weighted by Crippen LogP contribution is -2.66. The number of methoxy groups -OCH3 is 1. The van der Waals surface area contributed by atoms with Gasteiger partial charge < -0.3 is 39.0 Å². The lowest BCUT2D eigenvalue weighted by molar-refractivity contribution is -0.270. The minimum absolute atomic E-state index is 0.273. The SMILES string of the molecule is CO[C@@H]1O[C@H](COC(C)=O)[C@@H](OC(C)=O)[C@H](OC(C)=O)[C@H]1NC(=O)c1ccc(-c2c3nc(c(-c4ccccc4)c4ccc([nH]4)c(-c4ccccc4)c4nc(c(-c5ccccc5)c5ccc2[nH]5)C=C4)CC3)cc1. The number of fused-ring (bicyclic) bond motifs is 8. The van der Waals surface area contributed by atoms with E-state index in [4.69, 9.17) is 33.7 Å². The molecule has 1 fully saturated rings. The highest BCUT2D eigenvalue weighted by atomic mass is 16.7. The van der Waals surface area contributed by atoms with Crippen LogP contribution in [0.3, 0.4) is 0 Å². The van der Waals surface area contributed by atoms with Crippen LogP contribution < -0.4 is 5.32 Å². The van der Waals surface area contributed by atoms with E-state index in [0.29, 0.717) is 12.8 Å². The van der Waals surface area contributed by atoms with Crippen molar-refractivity contribution in [2.75, 3.05) is 13.7 Å². The second-order valence-electron chi connectivity index (χ2n) is 17.7. The average molecular weight is 962 g/mol. The molecule has 3 aliphatic rings. The monoisotopic (exact) mass is 961 g/mol. The molecule has 0 unspecified atom stereocenters. The van der Waals surface area contributed by atoms with E-state index in [2.05, 4.69) is 88.1 Å². The number of aromatic amines is 2. The quantitative estimate of drug-likeness (QED) is 0.0829. The maximum Gasteiger partial charge on any atom is 0.303 e. The molecule has 3 aliphatic heterocycles. The number of hydrogen-bond donors (Lipinski definition) is 3. The summed E-state index contributed by atoms with van der Waals surface area (Å²) in [6.07, 6.45) is 0.638. The topological polar surface area (TPSA) is 184 Å². The molecule has 7 aromatic rings. The molecule has 4 aromatic carbocycles. The molecule has 0 radical (unpaired) electrons. The number of rotatable bonds is 11. The number of benzene rings is 4. The van der Waals surface area contributed by atoms with Gasteiger partial charge in [-0.2, -0.15) is 0 Å². The summed E-state index contributed by atoms with van der Waals surface area (Å²) in [5.41, 5.74) is 14.8. The van der Waals surface area contributed by atoms with Gasteiger partial charge in [0.05, 0.1) is 22.8 Å². The molecule has 5 atom stereocenters. The van der Waals surface area contributed by atoms with Crippen LogP contribution in [-0.2, 0) is 50.9 Å². The van der Waals surface area contributed by atoms with Crippen molar-refractivity contribution in [3.05, 3.63) is 168 Å². The van der Waals surface area contributed by atoms with E-state index in [1.165, 1.54) is 27.9 Å². The van der Waals surface area contributed by atoms with Crippen molar-refractivity contribution in [1.82, 2.24) is 25.3 Å². The highest BCUT2D eigenvalue weighted by molar-refractivity contribution is 5.98. The fourth-order valence-corrected chi connectivity index (χ4v) is 9.82. The van der Waals surface area contributed by atoms with E-state index in [0.717, 1.165) is 89.4 Å². The number of carbonyl (C=O) groups is 4. The molecule has 6 heterocycles. The van der Waals surface area contributed by atoms with Crippen LogP contribution in [0.25, 0.3) is 78.7 Å². The number of H-pyrrole nitrogens is 2. The Morgan fingerprint density at radius 3 is 1.46 bits per heavy atom. The van der Waals surface area contributed by atoms with E-state index >= 15 is 0 Å². The van der Waals surface area contributed by atoms with Crippen LogP contribution in [0.4, 0.5) is 0 Å². The van der Waals surface area contributed by atoms with E-state index < -0.39 is 54.5 Å². The number of carbonyl (C=O) groups excluding carboxylic acids is 4. The molecule has 3 aromatic heterocycles. The van der Waals surface area contributed by atoms with Crippen LogP contribution in [0.1, 0.15) is 53.9 Å². The molecule has 8 bridgehead atoms. The lowest BCUT2D eigenvalue weighted by Gasteiger charge is -2.44. The summed E-state index contributed by atoms with van der Waals surface area (Å²) in [5, 5.41) is 2.91. The van der Waals surface area contributed by atoms with Crippen molar-refractivity contribution in [1.29, 1.82) is 0 Å². The Kier molecular flexibility index (Phi) is 13.4. The molecular formula is C58H51N5O9. The van der Waals surface area contributed by atoms with Gasteiger partial charge in [0.15, 0.2) is 18.5 Å². The largest absolute Gasteiger partial charge is 0.463 e.